The van der Waals surface area contributed by atoms with Crippen molar-refractivity contribution in [3.8, 4) is 0 Å². The fourth-order valence-electron chi connectivity index (χ4n) is 1.51. The quantitative estimate of drug-likeness (QED) is 0.784. The van der Waals surface area contributed by atoms with Gasteiger partial charge in [0.25, 0.3) is 0 Å². The van der Waals surface area contributed by atoms with Crippen molar-refractivity contribution < 1.29 is 0 Å². The molecular weight excluding hydrogens is 284 g/mol. The summed E-state index contributed by atoms with van der Waals surface area (Å²) < 4.78 is 4.38. The topological polar surface area (TPSA) is 60.0 Å². The molecule has 0 aromatic carbocycles. The highest BCUT2D eigenvalue weighted by atomic mass is 79.9. The van der Waals surface area contributed by atoms with Gasteiger partial charge in [-0.15, -0.1) is 5.10 Å². The summed E-state index contributed by atoms with van der Waals surface area (Å²) in [7, 11) is 1.86. The molecular formula is C10H9BrN6. The van der Waals surface area contributed by atoms with Crippen molar-refractivity contribution in [2.75, 3.05) is 5.32 Å². The van der Waals surface area contributed by atoms with E-state index in [1.54, 1.807) is 9.20 Å². The van der Waals surface area contributed by atoms with Crippen molar-refractivity contribution in [3.05, 3.63) is 35.1 Å². The summed E-state index contributed by atoms with van der Waals surface area (Å²) in [6.45, 7) is 0. The van der Waals surface area contributed by atoms with Crippen LogP contribution in [0.4, 0.5) is 11.8 Å². The van der Waals surface area contributed by atoms with Crippen LogP contribution in [-0.2, 0) is 7.05 Å². The molecule has 17 heavy (non-hydrogen) atoms. The number of hydrogen-bond acceptors (Lipinski definition) is 4. The number of pyridine rings is 1. The van der Waals surface area contributed by atoms with Gasteiger partial charge in [0.1, 0.15) is 0 Å². The molecule has 7 heteroatoms. The number of halogens is 1. The average Bonchev–Trinajstić information content (AvgIpc) is 2.84. The van der Waals surface area contributed by atoms with E-state index in [0.29, 0.717) is 5.95 Å². The molecule has 0 aliphatic carbocycles. The van der Waals surface area contributed by atoms with E-state index >= 15 is 0 Å². The maximum absolute atomic E-state index is 4.33. The van der Waals surface area contributed by atoms with Gasteiger partial charge < -0.3 is 5.32 Å². The summed E-state index contributed by atoms with van der Waals surface area (Å²) >= 11 is 3.39. The van der Waals surface area contributed by atoms with Crippen LogP contribution in [0.15, 0.2) is 35.1 Å². The van der Waals surface area contributed by atoms with Gasteiger partial charge in [0, 0.05) is 30.0 Å². The molecule has 3 aromatic heterocycles. The number of nitrogens with zero attached hydrogens (tertiary/aromatic N) is 5. The minimum Gasteiger partial charge on any atom is -0.306 e. The van der Waals surface area contributed by atoms with Gasteiger partial charge in [0.05, 0.1) is 0 Å². The van der Waals surface area contributed by atoms with E-state index in [1.165, 1.54) is 0 Å². The highest BCUT2D eigenvalue weighted by Gasteiger charge is 2.05. The summed E-state index contributed by atoms with van der Waals surface area (Å²) in [4.78, 5) is 4.33. The summed E-state index contributed by atoms with van der Waals surface area (Å²) in [6.07, 6.45) is 3.71. The van der Waals surface area contributed by atoms with Gasteiger partial charge in [-0.2, -0.15) is 10.1 Å². The molecule has 0 fully saturated rings. The Hall–Kier alpha value is -1.89. The van der Waals surface area contributed by atoms with Crippen molar-refractivity contribution >= 4 is 33.3 Å². The van der Waals surface area contributed by atoms with E-state index in [9.17, 15) is 0 Å². The molecule has 0 amide bonds. The monoisotopic (exact) mass is 292 g/mol. The molecule has 0 atom stereocenters. The molecule has 0 spiro atoms. The second-order valence-electron chi connectivity index (χ2n) is 3.59. The van der Waals surface area contributed by atoms with Crippen LogP contribution >= 0.6 is 15.9 Å². The van der Waals surface area contributed by atoms with E-state index < -0.39 is 0 Å². The third-order valence-electron chi connectivity index (χ3n) is 2.25. The van der Waals surface area contributed by atoms with Crippen LogP contribution < -0.4 is 5.32 Å². The minimum atomic E-state index is 0.529. The zero-order valence-electron chi connectivity index (χ0n) is 9.00. The van der Waals surface area contributed by atoms with Gasteiger partial charge in [-0.05, 0) is 28.1 Å². The Morgan fingerprint density at radius 2 is 2.12 bits per heavy atom. The molecule has 0 saturated carbocycles. The zero-order chi connectivity index (χ0) is 11.8. The largest absolute Gasteiger partial charge is 0.306 e. The van der Waals surface area contributed by atoms with Crippen LogP contribution in [0.2, 0.25) is 0 Å². The fraction of sp³-hybridized carbons (Fsp3) is 0.100. The first-order valence-corrected chi connectivity index (χ1v) is 5.78. The first-order valence-electron chi connectivity index (χ1n) is 4.99. The Morgan fingerprint density at radius 1 is 1.24 bits per heavy atom. The fourth-order valence-corrected chi connectivity index (χ4v) is 1.83. The van der Waals surface area contributed by atoms with Crippen molar-refractivity contribution in [2.45, 2.75) is 0 Å². The summed E-state index contributed by atoms with van der Waals surface area (Å²) in [5.74, 6) is 1.25. The second kappa shape index (κ2) is 3.85. The van der Waals surface area contributed by atoms with Crippen molar-refractivity contribution in [3.63, 3.8) is 0 Å². The predicted octanol–water partition coefficient (Wildman–Crippen LogP) is 1.97. The van der Waals surface area contributed by atoms with Gasteiger partial charge >= 0.3 is 0 Å². The highest BCUT2D eigenvalue weighted by Crippen LogP contribution is 2.14. The van der Waals surface area contributed by atoms with Gasteiger partial charge in [0.15, 0.2) is 11.5 Å². The molecule has 0 aliphatic rings. The molecule has 6 nitrogen and oxygen atoms in total. The molecule has 1 N–H and O–H groups in total. The lowest BCUT2D eigenvalue weighted by molar-refractivity contribution is 0.770. The Labute approximate surface area is 105 Å². The standard InChI is InChI=1S/C10H9BrN6/c1-16-5-4-8(14-16)12-10-13-9-3-2-7(11)6-17(9)15-10/h2-6H,1H3,(H,12,14,15). The summed E-state index contributed by atoms with van der Waals surface area (Å²) in [6, 6.07) is 5.68. The first-order chi connectivity index (χ1) is 8.20. The third-order valence-corrected chi connectivity index (χ3v) is 2.72. The lowest BCUT2D eigenvalue weighted by Crippen LogP contribution is -1.95. The molecule has 0 saturated heterocycles. The van der Waals surface area contributed by atoms with Crippen LogP contribution in [0, 0.1) is 0 Å². The minimum absolute atomic E-state index is 0.529. The van der Waals surface area contributed by atoms with Crippen LogP contribution in [0.5, 0.6) is 0 Å². The Kier molecular flexibility index (Phi) is 2.32. The second-order valence-corrected chi connectivity index (χ2v) is 4.50. The average molecular weight is 293 g/mol. The highest BCUT2D eigenvalue weighted by molar-refractivity contribution is 9.10. The van der Waals surface area contributed by atoms with Crippen LogP contribution in [0.25, 0.3) is 5.65 Å². The van der Waals surface area contributed by atoms with Gasteiger partial charge in [-0.1, -0.05) is 0 Å². The third kappa shape index (κ3) is 2.01. The van der Waals surface area contributed by atoms with E-state index in [4.69, 9.17) is 0 Å². The Bertz CT molecular complexity index is 670. The van der Waals surface area contributed by atoms with E-state index in [2.05, 4.69) is 36.4 Å². The molecule has 0 radical (unpaired) electrons. The van der Waals surface area contributed by atoms with Crippen LogP contribution in [0.1, 0.15) is 0 Å². The van der Waals surface area contributed by atoms with Gasteiger partial charge in [-0.25, -0.2) is 4.52 Å². The van der Waals surface area contributed by atoms with Crippen molar-refractivity contribution in [2.24, 2.45) is 7.05 Å². The van der Waals surface area contributed by atoms with Crippen molar-refractivity contribution in [1.82, 2.24) is 24.4 Å². The summed E-state index contributed by atoms with van der Waals surface area (Å²) in [5, 5.41) is 11.5. The maximum atomic E-state index is 4.33. The molecule has 3 rings (SSSR count). The first kappa shape index (κ1) is 10.3. The molecule has 0 bridgehead atoms. The number of fused-ring (bicyclic) bond motifs is 1. The summed E-state index contributed by atoms with van der Waals surface area (Å²) in [5.41, 5.74) is 0.784. The van der Waals surface area contributed by atoms with Crippen molar-refractivity contribution in [1.29, 1.82) is 0 Å². The van der Waals surface area contributed by atoms with Gasteiger partial charge in [-0.3, -0.25) is 4.68 Å². The number of rotatable bonds is 2. The molecule has 86 valence electrons. The smallest absolute Gasteiger partial charge is 0.248 e. The van der Waals surface area contributed by atoms with E-state index in [1.807, 2.05) is 37.6 Å². The number of anilines is 2. The molecule has 3 aromatic rings. The lowest BCUT2D eigenvalue weighted by atomic mass is 10.5. The zero-order valence-corrected chi connectivity index (χ0v) is 10.6. The lowest BCUT2D eigenvalue weighted by Gasteiger charge is -1.93. The number of aromatic nitrogens is 5. The normalized spacial score (nSPS) is 10.9. The Morgan fingerprint density at radius 3 is 2.88 bits per heavy atom. The number of nitrogens with one attached hydrogen (secondary N) is 1. The van der Waals surface area contributed by atoms with Crippen LogP contribution in [-0.4, -0.2) is 24.4 Å². The van der Waals surface area contributed by atoms with Crippen LogP contribution in [0.3, 0.4) is 0 Å². The number of aryl methyl sites for hydroxylation is 1. The maximum Gasteiger partial charge on any atom is 0.248 e. The molecule has 0 aliphatic heterocycles. The van der Waals surface area contributed by atoms with E-state index in [-0.39, 0.29) is 0 Å². The molecule has 0 unspecified atom stereocenters. The van der Waals surface area contributed by atoms with Gasteiger partial charge in [0.2, 0.25) is 5.95 Å². The molecule has 3 heterocycles. The van der Waals surface area contributed by atoms with E-state index in [0.717, 1.165) is 15.9 Å². The number of hydrogen-bond donors (Lipinski definition) is 1. The Balaban J connectivity index is 1.95. The predicted molar refractivity (Wildman–Crippen MR) is 67.2 cm³/mol. The SMILES string of the molecule is Cn1ccc(Nc2nc3ccc(Br)cn3n2)n1.